The predicted molar refractivity (Wildman–Crippen MR) is 99.1 cm³/mol. The van der Waals surface area contributed by atoms with E-state index in [9.17, 15) is 20.0 Å². The average molecular weight is 368 g/mol. The summed E-state index contributed by atoms with van der Waals surface area (Å²) in [6, 6.07) is 18.6. The van der Waals surface area contributed by atoms with E-state index in [2.05, 4.69) is 5.32 Å². The molecule has 1 amide bonds. The van der Waals surface area contributed by atoms with Gasteiger partial charge in [-0.2, -0.15) is 0 Å². The summed E-state index contributed by atoms with van der Waals surface area (Å²) >= 11 is 1.41. The quantitative estimate of drug-likeness (QED) is 0.513. The van der Waals surface area contributed by atoms with Crippen LogP contribution in [0.2, 0.25) is 0 Å². The predicted octanol–water partition coefficient (Wildman–Crippen LogP) is 3.67. The molecule has 0 bridgehead atoms. The Labute approximate surface area is 153 Å². The average Bonchev–Trinajstić information content (AvgIpc) is 3.15. The van der Waals surface area contributed by atoms with Gasteiger partial charge in [0.2, 0.25) is 0 Å². The van der Waals surface area contributed by atoms with Crippen LogP contribution in [0.25, 0.3) is 0 Å². The van der Waals surface area contributed by atoms with Crippen molar-refractivity contribution in [2.75, 3.05) is 0 Å². The van der Waals surface area contributed by atoms with Gasteiger partial charge in [0.05, 0.1) is 11.5 Å². The minimum Gasteiger partial charge on any atom is -0.383 e. The summed E-state index contributed by atoms with van der Waals surface area (Å²) in [5, 5.41) is 23.9. The highest BCUT2D eigenvalue weighted by atomic mass is 32.1. The Morgan fingerprint density at radius 2 is 1.88 bits per heavy atom. The van der Waals surface area contributed by atoms with Gasteiger partial charge >= 0.3 is 0 Å². The number of hydrogen-bond acceptors (Lipinski definition) is 5. The molecule has 0 fully saturated rings. The van der Waals surface area contributed by atoms with Crippen molar-refractivity contribution in [1.82, 2.24) is 5.32 Å². The molecule has 26 heavy (non-hydrogen) atoms. The normalized spacial score (nSPS) is 11.7. The zero-order valence-corrected chi connectivity index (χ0v) is 14.5. The molecule has 0 radical (unpaired) electrons. The molecule has 6 nitrogen and oxygen atoms in total. The molecule has 0 saturated heterocycles. The fourth-order valence-electron chi connectivity index (χ4n) is 2.47. The van der Waals surface area contributed by atoms with Crippen molar-refractivity contribution in [2.45, 2.75) is 12.6 Å². The molecule has 0 aliphatic rings. The maximum atomic E-state index is 12.2. The van der Waals surface area contributed by atoms with E-state index in [1.165, 1.54) is 35.6 Å². The zero-order valence-electron chi connectivity index (χ0n) is 13.7. The van der Waals surface area contributed by atoms with E-state index in [4.69, 9.17) is 0 Å². The van der Waals surface area contributed by atoms with Crippen LogP contribution in [0.15, 0.2) is 66.7 Å². The molecule has 0 saturated carbocycles. The maximum absolute atomic E-state index is 12.2. The van der Waals surface area contributed by atoms with Crippen LogP contribution in [0.1, 0.15) is 31.8 Å². The summed E-state index contributed by atoms with van der Waals surface area (Å²) in [7, 11) is 0. The first-order valence-electron chi connectivity index (χ1n) is 7.89. The number of rotatable bonds is 6. The van der Waals surface area contributed by atoms with Crippen molar-refractivity contribution in [2.24, 2.45) is 0 Å². The van der Waals surface area contributed by atoms with Gasteiger partial charge in [-0.15, -0.1) is 11.3 Å². The van der Waals surface area contributed by atoms with Crippen molar-refractivity contribution in [3.8, 4) is 0 Å². The van der Waals surface area contributed by atoms with Crippen LogP contribution >= 0.6 is 11.3 Å². The Kier molecular flexibility index (Phi) is 5.40. The molecule has 7 heteroatoms. The molecule has 1 heterocycles. The highest BCUT2D eigenvalue weighted by Crippen LogP contribution is 2.28. The lowest BCUT2D eigenvalue weighted by molar-refractivity contribution is -0.384. The third-order valence-corrected chi connectivity index (χ3v) is 4.95. The van der Waals surface area contributed by atoms with Crippen LogP contribution in [0.3, 0.4) is 0 Å². The number of nitro groups is 1. The van der Waals surface area contributed by atoms with Gasteiger partial charge < -0.3 is 10.4 Å². The molecule has 2 N–H and O–H groups in total. The minimum absolute atomic E-state index is 0.123. The molecule has 0 aliphatic carbocycles. The number of carbonyl (C=O) groups excluding carboxylic acids is 1. The van der Waals surface area contributed by atoms with E-state index in [0.29, 0.717) is 0 Å². The van der Waals surface area contributed by atoms with Crippen LogP contribution in [-0.4, -0.2) is 15.9 Å². The Hall–Kier alpha value is -3.03. The summed E-state index contributed by atoms with van der Waals surface area (Å²) in [6.45, 7) is 0.285. The Morgan fingerprint density at radius 1 is 1.12 bits per heavy atom. The molecule has 132 valence electrons. The number of hydrogen-bond donors (Lipinski definition) is 2. The third-order valence-electron chi connectivity index (χ3n) is 3.81. The van der Waals surface area contributed by atoms with E-state index in [1.54, 1.807) is 0 Å². The minimum atomic E-state index is -0.706. The standard InChI is InChI=1S/C19H16N2O4S/c22-18(13-5-2-1-3-6-13)17-10-9-16(26-17)12-20-19(23)14-7-4-8-15(11-14)21(24)25/h1-11,18,22H,12H2,(H,20,23). The summed E-state index contributed by atoms with van der Waals surface area (Å²) in [5.74, 6) is -0.382. The SMILES string of the molecule is O=C(NCc1ccc(C(O)c2ccccc2)s1)c1cccc([N+](=O)[O-])c1. The monoisotopic (exact) mass is 368 g/mol. The van der Waals surface area contributed by atoms with Crippen LogP contribution < -0.4 is 5.32 Å². The van der Waals surface area contributed by atoms with Crippen molar-refractivity contribution in [3.63, 3.8) is 0 Å². The number of aliphatic hydroxyl groups excluding tert-OH is 1. The van der Waals surface area contributed by atoms with E-state index in [1.807, 2.05) is 42.5 Å². The second-order valence-electron chi connectivity index (χ2n) is 5.61. The Morgan fingerprint density at radius 3 is 2.62 bits per heavy atom. The number of aliphatic hydroxyl groups is 1. The van der Waals surface area contributed by atoms with Gasteiger partial charge in [-0.3, -0.25) is 14.9 Å². The van der Waals surface area contributed by atoms with Crippen molar-refractivity contribution in [1.29, 1.82) is 0 Å². The van der Waals surface area contributed by atoms with Crippen LogP contribution in [-0.2, 0) is 6.54 Å². The highest BCUT2D eigenvalue weighted by Gasteiger charge is 2.14. The number of non-ortho nitro benzene ring substituents is 1. The molecule has 3 aromatic rings. The molecule has 0 aliphatic heterocycles. The van der Waals surface area contributed by atoms with Gasteiger partial charge in [0, 0.05) is 27.5 Å². The van der Waals surface area contributed by atoms with Crippen molar-refractivity contribution in [3.05, 3.63) is 97.7 Å². The van der Waals surface area contributed by atoms with Gasteiger partial charge in [-0.25, -0.2) is 0 Å². The number of amides is 1. The lowest BCUT2D eigenvalue weighted by Crippen LogP contribution is -2.22. The molecule has 1 aromatic heterocycles. The number of thiophene rings is 1. The highest BCUT2D eigenvalue weighted by molar-refractivity contribution is 7.12. The fourth-order valence-corrected chi connectivity index (χ4v) is 3.43. The van der Waals surface area contributed by atoms with Gasteiger partial charge in [-0.1, -0.05) is 36.4 Å². The van der Waals surface area contributed by atoms with Gasteiger partial charge in [-0.05, 0) is 23.8 Å². The number of nitro benzene ring substituents is 1. The topological polar surface area (TPSA) is 92.5 Å². The summed E-state index contributed by atoms with van der Waals surface area (Å²) < 4.78 is 0. The van der Waals surface area contributed by atoms with E-state index in [-0.39, 0.29) is 23.7 Å². The summed E-state index contributed by atoms with van der Waals surface area (Å²) in [6.07, 6.45) is -0.706. The number of nitrogens with one attached hydrogen (secondary N) is 1. The second-order valence-corrected chi connectivity index (χ2v) is 6.81. The molecule has 0 spiro atoms. The molecular weight excluding hydrogens is 352 g/mol. The van der Waals surface area contributed by atoms with Gasteiger partial charge in [0.15, 0.2) is 0 Å². The van der Waals surface area contributed by atoms with Crippen LogP contribution in [0.4, 0.5) is 5.69 Å². The van der Waals surface area contributed by atoms with Crippen molar-refractivity contribution >= 4 is 22.9 Å². The molecular formula is C19H16N2O4S. The summed E-state index contributed by atoms with van der Waals surface area (Å²) in [4.78, 5) is 24.1. The van der Waals surface area contributed by atoms with Crippen LogP contribution in [0, 0.1) is 10.1 Å². The first-order valence-corrected chi connectivity index (χ1v) is 8.70. The maximum Gasteiger partial charge on any atom is 0.270 e. The molecule has 3 rings (SSSR count). The molecule has 2 aromatic carbocycles. The summed E-state index contributed by atoms with van der Waals surface area (Å²) in [5.41, 5.74) is 0.920. The zero-order chi connectivity index (χ0) is 18.5. The second kappa shape index (κ2) is 7.90. The molecule has 1 unspecified atom stereocenters. The van der Waals surface area contributed by atoms with E-state index >= 15 is 0 Å². The van der Waals surface area contributed by atoms with Gasteiger partial charge in [0.25, 0.3) is 11.6 Å². The first kappa shape index (κ1) is 17.8. The largest absolute Gasteiger partial charge is 0.383 e. The number of carbonyl (C=O) groups is 1. The smallest absolute Gasteiger partial charge is 0.270 e. The lowest BCUT2D eigenvalue weighted by Gasteiger charge is -2.08. The Balaban J connectivity index is 1.64. The van der Waals surface area contributed by atoms with E-state index in [0.717, 1.165) is 15.3 Å². The Bertz CT molecular complexity index is 924. The third kappa shape index (κ3) is 4.14. The molecule has 1 atom stereocenters. The van der Waals surface area contributed by atoms with Crippen LogP contribution in [0.5, 0.6) is 0 Å². The van der Waals surface area contributed by atoms with E-state index < -0.39 is 11.0 Å². The number of benzene rings is 2. The first-order chi connectivity index (χ1) is 12.5. The lowest BCUT2D eigenvalue weighted by atomic mass is 10.1. The number of nitrogens with zero attached hydrogens (tertiary/aromatic N) is 1. The fraction of sp³-hybridized carbons (Fsp3) is 0.105. The van der Waals surface area contributed by atoms with Crippen molar-refractivity contribution < 1.29 is 14.8 Å². The van der Waals surface area contributed by atoms with Gasteiger partial charge in [0.1, 0.15) is 6.10 Å².